The lowest BCUT2D eigenvalue weighted by atomic mass is 10.1. The van der Waals surface area contributed by atoms with E-state index in [0.717, 1.165) is 5.56 Å². The van der Waals surface area contributed by atoms with Crippen LogP contribution in [0.1, 0.15) is 18.1 Å². The van der Waals surface area contributed by atoms with Crippen molar-refractivity contribution in [2.24, 2.45) is 0 Å². The van der Waals surface area contributed by atoms with Gasteiger partial charge >= 0.3 is 10.1 Å². The molecule has 0 amide bonds. The zero-order valence-corrected chi connectivity index (χ0v) is 12.1. The van der Waals surface area contributed by atoms with Crippen LogP contribution in [-0.4, -0.2) is 27.6 Å². The van der Waals surface area contributed by atoms with Crippen LogP contribution in [-0.2, 0) is 20.8 Å². The Morgan fingerprint density at radius 1 is 1.29 bits per heavy atom. The number of halogens is 1. The summed E-state index contributed by atoms with van der Waals surface area (Å²) in [5.74, 6) is 0. The predicted octanol–water partition coefficient (Wildman–Crippen LogP) is 2.16. The molecule has 0 N–H and O–H groups in total. The largest absolute Gasteiger partial charge is 0.313 e. The van der Waals surface area contributed by atoms with Gasteiger partial charge in [-0.05, 0) is 24.5 Å². The zero-order valence-electron chi connectivity index (χ0n) is 10.4. The van der Waals surface area contributed by atoms with Crippen LogP contribution in [0.2, 0.25) is 0 Å². The molecule has 6 heteroatoms. The molecule has 4 nitrogen and oxygen atoms in total. The van der Waals surface area contributed by atoms with Crippen molar-refractivity contribution in [1.82, 2.24) is 5.06 Å². The summed E-state index contributed by atoms with van der Waals surface area (Å²) >= 11 is 0. The van der Waals surface area contributed by atoms with Gasteiger partial charge in [-0.2, -0.15) is 17.8 Å². The summed E-state index contributed by atoms with van der Waals surface area (Å²) < 4.78 is 28.8. The van der Waals surface area contributed by atoms with E-state index < -0.39 is 10.1 Å². The van der Waals surface area contributed by atoms with Gasteiger partial charge in [0.05, 0.1) is 0 Å². The second-order valence-electron chi connectivity index (χ2n) is 3.76. The van der Waals surface area contributed by atoms with Crippen LogP contribution in [0.4, 0.5) is 0 Å². The SMILES string of the molecule is CCc1cccc(C)c1S(=O)(=O)ON(C)C.Cl. The Bertz CT molecular complexity index is 472. The van der Waals surface area contributed by atoms with Crippen molar-refractivity contribution in [3.8, 4) is 0 Å². The van der Waals surface area contributed by atoms with Gasteiger partial charge in [0.15, 0.2) is 0 Å². The summed E-state index contributed by atoms with van der Waals surface area (Å²) in [5.41, 5.74) is 1.49. The second-order valence-corrected chi connectivity index (χ2v) is 5.22. The standard InChI is InChI=1S/C11H17NO3S.ClH/c1-5-10-8-6-7-9(2)11(10)16(13,14)15-12(3)4;/h6-8H,5H2,1-4H3;1H. The molecule has 0 heterocycles. The van der Waals surface area contributed by atoms with Gasteiger partial charge in [0.25, 0.3) is 0 Å². The van der Waals surface area contributed by atoms with Gasteiger partial charge < -0.3 is 0 Å². The molecule has 0 aliphatic rings. The average molecular weight is 280 g/mol. The van der Waals surface area contributed by atoms with E-state index in [0.29, 0.717) is 12.0 Å². The van der Waals surface area contributed by atoms with Gasteiger partial charge in [-0.3, -0.25) is 0 Å². The predicted molar refractivity (Wildman–Crippen MR) is 69.8 cm³/mol. The number of aryl methyl sites for hydroxylation is 2. The first kappa shape index (κ1) is 16.4. The number of hydroxylamine groups is 2. The van der Waals surface area contributed by atoms with E-state index in [1.54, 1.807) is 33.2 Å². The van der Waals surface area contributed by atoms with Gasteiger partial charge in [0.1, 0.15) is 4.90 Å². The van der Waals surface area contributed by atoms with Gasteiger partial charge in [0, 0.05) is 14.1 Å². The average Bonchev–Trinajstić information content (AvgIpc) is 2.14. The summed E-state index contributed by atoms with van der Waals surface area (Å²) in [6.07, 6.45) is 0.660. The highest BCUT2D eigenvalue weighted by atomic mass is 35.5. The molecule has 0 saturated carbocycles. The lowest BCUT2D eigenvalue weighted by Crippen LogP contribution is -2.20. The zero-order chi connectivity index (χ0) is 12.3. The van der Waals surface area contributed by atoms with Crippen LogP contribution in [0, 0.1) is 6.92 Å². The Hall–Kier alpha value is -0.620. The van der Waals surface area contributed by atoms with Crippen LogP contribution >= 0.6 is 12.4 Å². The highest BCUT2D eigenvalue weighted by molar-refractivity contribution is 7.86. The smallest absolute Gasteiger partial charge is 0.192 e. The van der Waals surface area contributed by atoms with Crippen LogP contribution in [0.15, 0.2) is 23.1 Å². The molecule has 0 aromatic heterocycles. The number of benzene rings is 1. The Kier molecular flexibility index (Phi) is 6.12. The number of hydrogen-bond donors (Lipinski definition) is 0. The Balaban J connectivity index is 0.00000256. The minimum atomic E-state index is -3.71. The molecular formula is C11H18ClNO3S. The lowest BCUT2D eigenvalue weighted by molar-refractivity contribution is 0.00503. The fourth-order valence-corrected chi connectivity index (χ4v) is 3.05. The first-order chi connectivity index (χ1) is 7.38. The maximum Gasteiger partial charge on any atom is 0.313 e. The van der Waals surface area contributed by atoms with E-state index in [2.05, 4.69) is 0 Å². The van der Waals surface area contributed by atoms with Crippen molar-refractivity contribution in [2.75, 3.05) is 14.1 Å². The van der Waals surface area contributed by atoms with Crippen molar-refractivity contribution in [2.45, 2.75) is 25.2 Å². The monoisotopic (exact) mass is 279 g/mol. The highest BCUT2D eigenvalue weighted by Crippen LogP contribution is 2.23. The fourth-order valence-electron chi connectivity index (χ4n) is 1.58. The number of rotatable bonds is 4. The summed E-state index contributed by atoms with van der Waals surface area (Å²) in [7, 11) is -0.621. The maximum atomic E-state index is 12.0. The third-order valence-corrected chi connectivity index (χ3v) is 3.75. The lowest BCUT2D eigenvalue weighted by Gasteiger charge is -2.14. The first-order valence-electron chi connectivity index (χ1n) is 5.09. The van der Waals surface area contributed by atoms with Gasteiger partial charge in [-0.1, -0.05) is 25.1 Å². The molecule has 98 valence electrons. The highest BCUT2D eigenvalue weighted by Gasteiger charge is 2.22. The quantitative estimate of drug-likeness (QED) is 0.793. The molecular weight excluding hydrogens is 262 g/mol. The molecule has 1 aromatic rings. The van der Waals surface area contributed by atoms with E-state index in [4.69, 9.17) is 4.28 Å². The molecule has 0 atom stereocenters. The van der Waals surface area contributed by atoms with Crippen molar-refractivity contribution in [3.63, 3.8) is 0 Å². The minimum Gasteiger partial charge on any atom is -0.192 e. The molecule has 0 unspecified atom stereocenters. The van der Waals surface area contributed by atoms with E-state index >= 15 is 0 Å². The van der Waals surface area contributed by atoms with Crippen molar-refractivity contribution in [3.05, 3.63) is 29.3 Å². The van der Waals surface area contributed by atoms with Crippen molar-refractivity contribution in [1.29, 1.82) is 0 Å². The van der Waals surface area contributed by atoms with Crippen molar-refractivity contribution >= 4 is 22.5 Å². The van der Waals surface area contributed by atoms with E-state index in [-0.39, 0.29) is 17.3 Å². The molecule has 1 aromatic carbocycles. The Morgan fingerprint density at radius 2 is 1.88 bits per heavy atom. The molecule has 0 saturated heterocycles. The molecule has 1 rings (SSSR count). The first-order valence-corrected chi connectivity index (χ1v) is 6.49. The van der Waals surface area contributed by atoms with E-state index in [9.17, 15) is 8.42 Å². The Labute approximate surface area is 109 Å². The van der Waals surface area contributed by atoms with Crippen LogP contribution in [0.25, 0.3) is 0 Å². The van der Waals surface area contributed by atoms with Gasteiger partial charge in [-0.15, -0.1) is 12.4 Å². The molecule has 0 aliphatic heterocycles. The number of nitrogens with zero attached hydrogens (tertiary/aromatic N) is 1. The third kappa shape index (κ3) is 3.96. The molecule has 0 aliphatic carbocycles. The number of hydrogen-bond acceptors (Lipinski definition) is 4. The third-order valence-electron chi connectivity index (χ3n) is 2.17. The van der Waals surface area contributed by atoms with Crippen LogP contribution in [0.3, 0.4) is 0 Å². The fraction of sp³-hybridized carbons (Fsp3) is 0.455. The maximum absolute atomic E-state index is 12.0. The normalized spacial score (nSPS) is 11.4. The summed E-state index contributed by atoms with van der Waals surface area (Å²) in [6.45, 7) is 3.69. The molecule has 0 spiro atoms. The summed E-state index contributed by atoms with van der Waals surface area (Å²) in [4.78, 5) is 0.284. The second kappa shape index (κ2) is 6.35. The molecule has 0 fully saturated rings. The van der Waals surface area contributed by atoms with Crippen LogP contribution in [0.5, 0.6) is 0 Å². The van der Waals surface area contributed by atoms with Crippen molar-refractivity contribution < 1.29 is 12.7 Å². The minimum absolute atomic E-state index is 0. The van der Waals surface area contributed by atoms with Gasteiger partial charge in [-0.25, -0.2) is 0 Å². The van der Waals surface area contributed by atoms with E-state index in [1.807, 2.05) is 13.0 Å². The van der Waals surface area contributed by atoms with Gasteiger partial charge in [0.2, 0.25) is 0 Å². The molecule has 17 heavy (non-hydrogen) atoms. The summed E-state index contributed by atoms with van der Waals surface area (Å²) in [5, 5.41) is 1.18. The topological polar surface area (TPSA) is 46.6 Å². The molecule has 0 bridgehead atoms. The Morgan fingerprint density at radius 3 is 2.35 bits per heavy atom. The summed E-state index contributed by atoms with van der Waals surface area (Å²) in [6, 6.07) is 5.42. The molecule has 0 radical (unpaired) electrons. The van der Waals surface area contributed by atoms with E-state index in [1.165, 1.54) is 5.06 Å². The van der Waals surface area contributed by atoms with Crippen LogP contribution < -0.4 is 0 Å².